The lowest BCUT2D eigenvalue weighted by Crippen LogP contribution is -2.30. The van der Waals surface area contributed by atoms with Crippen molar-refractivity contribution in [3.05, 3.63) is 63.6 Å². The van der Waals surface area contributed by atoms with Crippen molar-refractivity contribution < 1.29 is 0 Å². The molecule has 0 saturated carbocycles. The minimum Gasteiger partial charge on any atom is -0.398 e. The number of hydrogen-bond acceptors (Lipinski definition) is 3. The van der Waals surface area contributed by atoms with Gasteiger partial charge in [-0.05, 0) is 47.7 Å². The lowest BCUT2D eigenvalue weighted by molar-refractivity contribution is 0.553. The van der Waals surface area contributed by atoms with Crippen molar-refractivity contribution in [1.29, 1.82) is 0 Å². The molecule has 2 rings (SSSR count). The normalized spacial score (nSPS) is 12.3. The second kappa shape index (κ2) is 6.88. The van der Waals surface area contributed by atoms with Crippen LogP contribution in [0.2, 0.25) is 0 Å². The number of hydrazine groups is 1. The molecule has 106 valence electrons. The van der Waals surface area contributed by atoms with Gasteiger partial charge < -0.3 is 5.73 Å². The molecule has 0 spiro atoms. The van der Waals surface area contributed by atoms with Crippen molar-refractivity contribution in [2.45, 2.75) is 25.8 Å². The van der Waals surface area contributed by atoms with Crippen LogP contribution >= 0.6 is 15.9 Å². The maximum absolute atomic E-state index is 6.05. The first-order valence-corrected chi connectivity index (χ1v) is 7.52. The highest BCUT2D eigenvalue weighted by Gasteiger charge is 2.14. The summed E-state index contributed by atoms with van der Waals surface area (Å²) in [7, 11) is 0. The van der Waals surface area contributed by atoms with E-state index in [4.69, 9.17) is 11.6 Å². The first-order valence-electron chi connectivity index (χ1n) is 6.73. The second-order valence-electron chi connectivity index (χ2n) is 4.87. The van der Waals surface area contributed by atoms with Crippen molar-refractivity contribution in [3.8, 4) is 0 Å². The fraction of sp³-hybridized carbons (Fsp3) is 0.250. The highest BCUT2D eigenvalue weighted by Crippen LogP contribution is 2.26. The van der Waals surface area contributed by atoms with Crippen LogP contribution in [0.4, 0.5) is 5.69 Å². The molecule has 0 aromatic heterocycles. The largest absolute Gasteiger partial charge is 0.398 e. The molecule has 1 atom stereocenters. The molecular formula is C16H20BrN3. The van der Waals surface area contributed by atoms with E-state index < -0.39 is 0 Å². The van der Waals surface area contributed by atoms with Gasteiger partial charge in [0.25, 0.3) is 0 Å². The summed E-state index contributed by atoms with van der Waals surface area (Å²) in [5.41, 5.74) is 13.3. The fourth-order valence-corrected chi connectivity index (χ4v) is 2.63. The standard InChI is InChI=1S/C16H20BrN3/c1-2-11-3-5-12(6-4-11)9-16(20-19)14-10-13(17)7-8-15(14)18/h3-8,10,16,20H,2,9,18-19H2,1H3. The summed E-state index contributed by atoms with van der Waals surface area (Å²) in [6.45, 7) is 2.15. The van der Waals surface area contributed by atoms with Crippen molar-refractivity contribution >= 4 is 21.6 Å². The van der Waals surface area contributed by atoms with Crippen LogP contribution in [0.1, 0.15) is 29.7 Å². The van der Waals surface area contributed by atoms with Crippen LogP contribution in [-0.2, 0) is 12.8 Å². The predicted octanol–water partition coefficient (Wildman–Crippen LogP) is 3.34. The molecule has 0 aliphatic carbocycles. The number of anilines is 1. The summed E-state index contributed by atoms with van der Waals surface area (Å²) in [5, 5.41) is 0. The van der Waals surface area contributed by atoms with Gasteiger partial charge in [0, 0.05) is 10.2 Å². The predicted molar refractivity (Wildman–Crippen MR) is 88.1 cm³/mol. The van der Waals surface area contributed by atoms with E-state index in [9.17, 15) is 0 Å². The van der Waals surface area contributed by atoms with Gasteiger partial charge in [-0.2, -0.15) is 0 Å². The van der Waals surface area contributed by atoms with E-state index in [0.29, 0.717) is 0 Å². The molecule has 3 nitrogen and oxygen atoms in total. The molecule has 0 radical (unpaired) electrons. The first-order chi connectivity index (χ1) is 9.63. The molecule has 5 N–H and O–H groups in total. The Morgan fingerprint density at radius 3 is 2.35 bits per heavy atom. The zero-order valence-corrected chi connectivity index (χ0v) is 13.2. The summed E-state index contributed by atoms with van der Waals surface area (Å²) < 4.78 is 1.00. The fourth-order valence-electron chi connectivity index (χ4n) is 2.25. The molecular weight excluding hydrogens is 314 g/mol. The van der Waals surface area contributed by atoms with Crippen LogP contribution < -0.4 is 17.0 Å². The third kappa shape index (κ3) is 3.60. The zero-order valence-electron chi connectivity index (χ0n) is 11.6. The molecule has 4 heteroatoms. The topological polar surface area (TPSA) is 64.1 Å². The minimum absolute atomic E-state index is 0.0000217. The van der Waals surface area contributed by atoms with Crippen molar-refractivity contribution in [2.75, 3.05) is 5.73 Å². The number of halogens is 1. The number of hydrogen-bond donors (Lipinski definition) is 3. The van der Waals surface area contributed by atoms with Crippen LogP contribution in [0.25, 0.3) is 0 Å². The Hall–Kier alpha value is -1.36. The van der Waals surface area contributed by atoms with Crippen LogP contribution in [0.15, 0.2) is 46.9 Å². The molecule has 2 aromatic carbocycles. The Labute approximate surface area is 128 Å². The number of nitrogen functional groups attached to an aromatic ring is 1. The lowest BCUT2D eigenvalue weighted by atomic mass is 9.97. The average Bonchev–Trinajstić information content (AvgIpc) is 2.48. The minimum atomic E-state index is -0.0000217. The van der Waals surface area contributed by atoms with E-state index in [0.717, 1.165) is 28.6 Å². The van der Waals surface area contributed by atoms with Gasteiger partial charge in [0.2, 0.25) is 0 Å². The van der Waals surface area contributed by atoms with Gasteiger partial charge in [0.05, 0.1) is 6.04 Å². The van der Waals surface area contributed by atoms with Gasteiger partial charge >= 0.3 is 0 Å². The molecule has 0 fully saturated rings. The van der Waals surface area contributed by atoms with Crippen molar-refractivity contribution in [1.82, 2.24) is 5.43 Å². The van der Waals surface area contributed by atoms with Crippen molar-refractivity contribution in [2.24, 2.45) is 5.84 Å². The molecule has 0 amide bonds. The molecule has 0 bridgehead atoms. The van der Waals surface area contributed by atoms with Gasteiger partial charge in [-0.3, -0.25) is 11.3 Å². The Kier molecular flexibility index (Phi) is 5.17. The zero-order chi connectivity index (χ0) is 14.5. The number of nitrogens with two attached hydrogens (primary N) is 2. The number of benzene rings is 2. The third-order valence-electron chi connectivity index (χ3n) is 3.50. The van der Waals surface area contributed by atoms with Gasteiger partial charge in [0.1, 0.15) is 0 Å². The average molecular weight is 334 g/mol. The molecule has 1 unspecified atom stereocenters. The Bertz CT molecular complexity index is 566. The maximum atomic E-state index is 6.05. The SMILES string of the molecule is CCc1ccc(CC(NN)c2cc(Br)ccc2N)cc1. The number of aryl methyl sites for hydroxylation is 1. The van der Waals surface area contributed by atoms with E-state index in [1.165, 1.54) is 11.1 Å². The highest BCUT2D eigenvalue weighted by atomic mass is 79.9. The summed E-state index contributed by atoms with van der Waals surface area (Å²) >= 11 is 3.47. The molecule has 2 aromatic rings. The van der Waals surface area contributed by atoms with Crippen LogP contribution in [-0.4, -0.2) is 0 Å². The van der Waals surface area contributed by atoms with E-state index >= 15 is 0 Å². The Morgan fingerprint density at radius 2 is 1.75 bits per heavy atom. The second-order valence-corrected chi connectivity index (χ2v) is 5.78. The van der Waals surface area contributed by atoms with Gasteiger partial charge in [-0.15, -0.1) is 0 Å². The van der Waals surface area contributed by atoms with E-state index in [-0.39, 0.29) is 6.04 Å². The first kappa shape index (κ1) is 15.0. The lowest BCUT2D eigenvalue weighted by Gasteiger charge is -2.19. The van der Waals surface area contributed by atoms with Crippen LogP contribution in [0.5, 0.6) is 0 Å². The summed E-state index contributed by atoms with van der Waals surface area (Å²) in [6.07, 6.45) is 1.86. The van der Waals surface area contributed by atoms with Gasteiger partial charge in [0.15, 0.2) is 0 Å². The monoisotopic (exact) mass is 333 g/mol. The number of rotatable bonds is 5. The molecule has 0 heterocycles. The maximum Gasteiger partial charge on any atom is 0.0521 e. The highest BCUT2D eigenvalue weighted by molar-refractivity contribution is 9.10. The van der Waals surface area contributed by atoms with Gasteiger partial charge in [-0.25, -0.2) is 0 Å². The Morgan fingerprint density at radius 1 is 1.10 bits per heavy atom. The van der Waals surface area contributed by atoms with Crippen molar-refractivity contribution in [3.63, 3.8) is 0 Å². The Balaban J connectivity index is 2.21. The molecule has 0 saturated heterocycles. The molecule has 0 aliphatic heterocycles. The van der Waals surface area contributed by atoms with E-state index in [2.05, 4.69) is 52.5 Å². The van der Waals surface area contributed by atoms with Crippen LogP contribution in [0, 0.1) is 0 Å². The van der Waals surface area contributed by atoms with Crippen LogP contribution in [0.3, 0.4) is 0 Å². The van der Waals surface area contributed by atoms with Gasteiger partial charge in [-0.1, -0.05) is 47.1 Å². The smallest absolute Gasteiger partial charge is 0.0521 e. The van der Waals surface area contributed by atoms with E-state index in [1.54, 1.807) is 0 Å². The summed E-state index contributed by atoms with van der Waals surface area (Å²) in [6, 6.07) is 14.5. The van der Waals surface area contributed by atoms with E-state index in [1.807, 2.05) is 18.2 Å². The third-order valence-corrected chi connectivity index (χ3v) is 3.99. The summed E-state index contributed by atoms with van der Waals surface area (Å²) in [5.74, 6) is 5.71. The summed E-state index contributed by atoms with van der Waals surface area (Å²) in [4.78, 5) is 0. The molecule has 0 aliphatic rings. The quantitative estimate of drug-likeness (QED) is 0.446. The number of nitrogens with one attached hydrogen (secondary N) is 1. The molecule has 20 heavy (non-hydrogen) atoms.